The average molecular weight is 264 g/mol. The first kappa shape index (κ1) is 13.2. The second-order valence-electron chi connectivity index (χ2n) is 4.46. The minimum Gasteiger partial charge on any atom is -0.273 e. The zero-order chi connectivity index (χ0) is 14.2. The summed E-state index contributed by atoms with van der Waals surface area (Å²) in [5, 5.41) is 0. The van der Waals surface area contributed by atoms with Crippen LogP contribution in [-0.4, -0.2) is 41.7 Å². The summed E-state index contributed by atoms with van der Waals surface area (Å²) in [6, 6.07) is 5.07. The van der Waals surface area contributed by atoms with Gasteiger partial charge in [0.2, 0.25) is 11.8 Å². The number of hydrogen-bond donors (Lipinski definition) is 0. The summed E-state index contributed by atoms with van der Waals surface area (Å²) in [7, 11) is 2.65. The van der Waals surface area contributed by atoms with Crippen molar-refractivity contribution in [1.29, 1.82) is 0 Å². The van der Waals surface area contributed by atoms with E-state index in [0.29, 0.717) is 5.56 Å². The molecule has 100 valence electrons. The normalized spacial score (nSPS) is 17.3. The van der Waals surface area contributed by atoms with Gasteiger partial charge in [0, 0.05) is 14.1 Å². The lowest BCUT2D eigenvalue weighted by Crippen LogP contribution is -2.57. The number of halogens is 1. The molecule has 0 bridgehead atoms. The van der Waals surface area contributed by atoms with E-state index in [1.807, 2.05) is 0 Å². The van der Waals surface area contributed by atoms with Gasteiger partial charge in [0.1, 0.15) is 11.7 Å². The van der Waals surface area contributed by atoms with Gasteiger partial charge in [0.25, 0.3) is 0 Å². The van der Waals surface area contributed by atoms with Gasteiger partial charge < -0.3 is 0 Å². The molecule has 6 heteroatoms. The molecular weight excluding hydrogens is 251 g/mol. The van der Waals surface area contributed by atoms with Gasteiger partial charge in [-0.05, 0) is 24.1 Å². The zero-order valence-electron chi connectivity index (χ0n) is 10.6. The van der Waals surface area contributed by atoms with E-state index in [1.165, 1.54) is 32.3 Å². The highest BCUT2D eigenvalue weighted by molar-refractivity contribution is 6.15. The SMILES string of the molecule is CN1C(=O)C(Cc2cccc(F)c2)C(=O)N(C)C1=O. The molecule has 0 aromatic heterocycles. The third-order valence-electron chi connectivity index (χ3n) is 3.16. The number of carbonyl (C=O) groups is 3. The van der Waals surface area contributed by atoms with Gasteiger partial charge in [-0.25, -0.2) is 9.18 Å². The summed E-state index contributed by atoms with van der Waals surface area (Å²) >= 11 is 0. The molecule has 1 saturated heterocycles. The lowest BCUT2D eigenvalue weighted by atomic mass is 9.95. The standard InChI is InChI=1S/C13H13FN2O3/c1-15-11(17)10(12(18)16(2)13(15)19)7-8-4-3-5-9(14)6-8/h3-6,10H,7H2,1-2H3. The van der Waals surface area contributed by atoms with Gasteiger partial charge in [-0.1, -0.05) is 12.1 Å². The Morgan fingerprint density at radius 3 is 2.21 bits per heavy atom. The summed E-state index contributed by atoms with van der Waals surface area (Å²) in [6.07, 6.45) is 0.0807. The van der Waals surface area contributed by atoms with Crippen molar-refractivity contribution in [3.05, 3.63) is 35.6 Å². The number of benzene rings is 1. The molecule has 0 saturated carbocycles. The first-order valence-corrected chi connectivity index (χ1v) is 5.75. The van der Waals surface area contributed by atoms with Crippen LogP contribution in [0.4, 0.5) is 9.18 Å². The summed E-state index contributed by atoms with van der Waals surface area (Å²) in [4.78, 5) is 37.3. The molecule has 2 rings (SSSR count). The van der Waals surface area contributed by atoms with E-state index in [9.17, 15) is 18.8 Å². The molecule has 0 radical (unpaired) electrons. The Bertz CT molecular complexity index is 535. The van der Waals surface area contributed by atoms with Crippen molar-refractivity contribution in [1.82, 2.24) is 9.80 Å². The fraction of sp³-hybridized carbons (Fsp3) is 0.308. The Balaban J connectivity index is 2.26. The number of rotatable bonds is 2. The average Bonchev–Trinajstić information content (AvgIpc) is 2.39. The molecule has 0 atom stereocenters. The monoisotopic (exact) mass is 264 g/mol. The molecule has 1 fully saturated rings. The molecule has 1 aromatic rings. The Morgan fingerprint density at radius 1 is 1.11 bits per heavy atom. The number of nitrogens with zero attached hydrogens (tertiary/aromatic N) is 2. The van der Waals surface area contributed by atoms with Crippen molar-refractivity contribution in [2.45, 2.75) is 6.42 Å². The van der Waals surface area contributed by atoms with Crippen LogP contribution in [0, 0.1) is 11.7 Å². The second-order valence-corrected chi connectivity index (χ2v) is 4.46. The minimum atomic E-state index is -0.977. The van der Waals surface area contributed by atoms with Crippen LogP contribution in [0.2, 0.25) is 0 Å². The van der Waals surface area contributed by atoms with Crippen molar-refractivity contribution in [3.8, 4) is 0 Å². The van der Waals surface area contributed by atoms with Crippen molar-refractivity contribution in [3.63, 3.8) is 0 Å². The molecule has 1 aliphatic heterocycles. The van der Waals surface area contributed by atoms with E-state index < -0.39 is 29.6 Å². The fourth-order valence-electron chi connectivity index (χ4n) is 2.06. The van der Waals surface area contributed by atoms with Crippen LogP contribution in [0.25, 0.3) is 0 Å². The van der Waals surface area contributed by atoms with E-state index in [4.69, 9.17) is 0 Å². The number of amides is 4. The maximum atomic E-state index is 13.1. The highest BCUT2D eigenvalue weighted by Crippen LogP contribution is 2.20. The lowest BCUT2D eigenvalue weighted by Gasteiger charge is -2.32. The van der Waals surface area contributed by atoms with Crippen LogP contribution in [-0.2, 0) is 16.0 Å². The highest BCUT2D eigenvalue weighted by Gasteiger charge is 2.42. The molecular formula is C13H13FN2O3. The zero-order valence-corrected chi connectivity index (χ0v) is 10.6. The van der Waals surface area contributed by atoms with Crippen LogP contribution in [0.3, 0.4) is 0 Å². The summed E-state index contributed by atoms with van der Waals surface area (Å²) < 4.78 is 13.1. The molecule has 19 heavy (non-hydrogen) atoms. The van der Waals surface area contributed by atoms with Gasteiger partial charge >= 0.3 is 6.03 Å². The van der Waals surface area contributed by atoms with Crippen molar-refractivity contribution < 1.29 is 18.8 Å². The predicted molar refractivity (Wildman–Crippen MR) is 64.5 cm³/mol. The first-order valence-electron chi connectivity index (χ1n) is 5.75. The quantitative estimate of drug-likeness (QED) is 0.750. The van der Waals surface area contributed by atoms with E-state index >= 15 is 0 Å². The van der Waals surface area contributed by atoms with E-state index in [1.54, 1.807) is 6.07 Å². The Kier molecular flexibility index (Phi) is 3.33. The van der Waals surface area contributed by atoms with Gasteiger partial charge in [0.05, 0.1) is 0 Å². The van der Waals surface area contributed by atoms with Crippen LogP contribution < -0.4 is 0 Å². The number of carbonyl (C=O) groups excluding carboxylic acids is 3. The molecule has 1 aliphatic rings. The van der Waals surface area contributed by atoms with Gasteiger partial charge in [-0.2, -0.15) is 0 Å². The van der Waals surface area contributed by atoms with Gasteiger partial charge in [-0.15, -0.1) is 0 Å². The van der Waals surface area contributed by atoms with Crippen LogP contribution >= 0.6 is 0 Å². The van der Waals surface area contributed by atoms with Crippen molar-refractivity contribution in [2.24, 2.45) is 5.92 Å². The summed E-state index contributed by atoms with van der Waals surface area (Å²) in [5.74, 6) is -2.52. The van der Waals surface area contributed by atoms with E-state index in [-0.39, 0.29) is 6.42 Å². The second kappa shape index (κ2) is 4.79. The number of barbiturate groups is 1. The Labute approximate surface area is 109 Å². The van der Waals surface area contributed by atoms with Crippen LogP contribution in [0.15, 0.2) is 24.3 Å². The van der Waals surface area contributed by atoms with Crippen LogP contribution in [0.5, 0.6) is 0 Å². The first-order chi connectivity index (χ1) is 8.91. The van der Waals surface area contributed by atoms with Gasteiger partial charge in [-0.3, -0.25) is 19.4 Å². The smallest absolute Gasteiger partial charge is 0.273 e. The fourth-order valence-corrected chi connectivity index (χ4v) is 2.06. The number of imide groups is 2. The molecule has 1 heterocycles. The van der Waals surface area contributed by atoms with Crippen molar-refractivity contribution >= 4 is 17.8 Å². The molecule has 0 spiro atoms. The number of hydrogen-bond acceptors (Lipinski definition) is 3. The molecule has 0 unspecified atom stereocenters. The maximum absolute atomic E-state index is 13.1. The lowest BCUT2D eigenvalue weighted by molar-refractivity contribution is -0.147. The molecule has 0 N–H and O–H groups in total. The minimum absolute atomic E-state index is 0.0807. The maximum Gasteiger partial charge on any atom is 0.332 e. The highest BCUT2D eigenvalue weighted by atomic mass is 19.1. The molecule has 0 aliphatic carbocycles. The molecule has 1 aromatic carbocycles. The Hall–Kier alpha value is -2.24. The van der Waals surface area contributed by atoms with Crippen molar-refractivity contribution in [2.75, 3.05) is 14.1 Å². The third-order valence-corrected chi connectivity index (χ3v) is 3.16. The van der Waals surface area contributed by atoms with E-state index in [2.05, 4.69) is 0 Å². The topological polar surface area (TPSA) is 57.7 Å². The van der Waals surface area contributed by atoms with E-state index in [0.717, 1.165) is 9.80 Å². The van der Waals surface area contributed by atoms with Crippen LogP contribution in [0.1, 0.15) is 5.56 Å². The number of urea groups is 1. The summed E-state index contributed by atoms with van der Waals surface area (Å²) in [5.41, 5.74) is 0.544. The molecule has 5 nitrogen and oxygen atoms in total. The third kappa shape index (κ3) is 2.33. The van der Waals surface area contributed by atoms with Gasteiger partial charge in [0.15, 0.2) is 0 Å². The predicted octanol–water partition coefficient (Wildman–Crippen LogP) is 1.03. The molecule has 4 amide bonds. The largest absolute Gasteiger partial charge is 0.332 e. The Morgan fingerprint density at radius 2 is 1.68 bits per heavy atom. The summed E-state index contributed by atoms with van der Waals surface area (Å²) in [6.45, 7) is 0.